The van der Waals surface area contributed by atoms with Gasteiger partial charge in [0.2, 0.25) is 11.8 Å². The first kappa shape index (κ1) is 13.2. The Labute approximate surface area is 119 Å². The molecule has 8 heteroatoms. The zero-order valence-corrected chi connectivity index (χ0v) is 11.2. The predicted octanol–water partition coefficient (Wildman–Crippen LogP) is 0.875. The van der Waals surface area contributed by atoms with Crippen LogP contribution in [-0.2, 0) is 16.1 Å². The monoisotopic (exact) mass is 288 g/mol. The van der Waals surface area contributed by atoms with Gasteiger partial charge in [0.15, 0.2) is 0 Å². The van der Waals surface area contributed by atoms with Crippen LogP contribution in [0.3, 0.4) is 0 Å². The number of nitrogens with one attached hydrogen (secondary N) is 1. The fourth-order valence-electron chi connectivity index (χ4n) is 2.65. The summed E-state index contributed by atoms with van der Waals surface area (Å²) in [6, 6.07) is 4.03. The molecule has 1 saturated heterocycles. The zero-order valence-electron chi connectivity index (χ0n) is 11.2. The summed E-state index contributed by atoms with van der Waals surface area (Å²) in [6.07, 6.45) is 0.0433. The van der Waals surface area contributed by atoms with Crippen molar-refractivity contribution in [3.8, 4) is 0 Å². The molecule has 1 N–H and O–H groups in total. The van der Waals surface area contributed by atoms with Gasteiger partial charge in [-0.15, -0.1) is 0 Å². The van der Waals surface area contributed by atoms with Crippen molar-refractivity contribution in [2.75, 3.05) is 0 Å². The summed E-state index contributed by atoms with van der Waals surface area (Å²) in [5, 5.41) is 13.3. The summed E-state index contributed by atoms with van der Waals surface area (Å²) >= 11 is 0. The number of nitro groups is 1. The van der Waals surface area contributed by atoms with Gasteiger partial charge in [0.05, 0.1) is 29.1 Å². The smallest absolute Gasteiger partial charge is 0.276 e. The van der Waals surface area contributed by atoms with E-state index in [1.165, 1.54) is 6.07 Å². The number of nitrogens with zero attached hydrogens (tertiary/aromatic N) is 3. The van der Waals surface area contributed by atoms with Crippen LogP contribution in [0.1, 0.15) is 18.9 Å². The molecule has 2 amide bonds. The third kappa shape index (κ3) is 2.14. The van der Waals surface area contributed by atoms with Gasteiger partial charge in [-0.2, -0.15) is 0 Å². The first-order valence-electron chi connectivity index (χ1n) is 6.39. The lowest BCUT2D eigenvalue weighted by Crippen LogP contribution is -2.44. The largest absolute Gasteiger partial charge is 0.343 e. The standard InChI is InChI=1S/C13H12N4O4/c1-7-14-9-3-2-4-10(17(20)21)8(9)6-16(7)11-5-12(18)15-13(11)19/h2-4,11H,5-6H2,1H3,(H,15,18,19). The lowest BCUT2D eigenvalue weighted by molar-refractivity contribution is -0.385. The van der Waals surface area contributed by atoms with Gasteiger partial charge < -0.3 is 4.90 Å². The van der Waals surface area contributed by atoms with Gasteiger partial charge in [-0.25, -0.2) is 4.99 Å². The summed E-state index contributed by atoms with van der Waals surface area (Å²) in [6.45, 7) is 1.91. The first-order valence-corrected chi connectivity index (χ1v) is 6.39. The molecule has 0 spiro atoms. The maximum atomic E-state index is 11.8. The summed E-state index contributed by atoms with van der Waals surface area (Å²) in [7, 11) is 0. The molecule has 1 aromatic carbocycles. The predicted molar refractivity (Wildman–Crippen MR) is 73.0 cm³/mol. The molecule has 2 aliphatic heterocycles. The van der Waals surface area contributed by atoms with Crippen molar-refractivity contribution in [3.63, 3.8) is 0 Å². The third-order valence-corrected chi connectivity index (χ3v) is 3.67. The maximum Gasteiger partial charge on any atom is 0.276 e. The second-order valence-electron chi connectivity index (χ2n) is 4.95. The highest BCUT2D eigenvalue weighted by molar-refractivity contribution is 6.07. The number of aliphatic imine (C=N–C) groups is 1. The van der Waals surface area contributed by atoms with Gasteiger partial charge in [0.1, 0.15) is 11.9 Å². The molecule has 0 bridgehead atoms. The number of fused-ring (bicyclic) bond motifs is 1. The Bertz CT molecular complexity index is 697. The van der Waals surface area contributed by atoms with Crippen LogP contribution in [0.15, 0.2) is 23.2 Å². The number of imide groups is 1. The minimum atomic E-state index is -0.658. The third-order valence-electron chi connectivity index (χ3n) is 3.67. The molecular weight excluding hydrogens is 276 g/mol. The van der Waals surface area contributed by atoms with Gasteiger partial charge in [0, 0.05) is 6.07 Å². The lowest BCUT2D eigenvalue weighted by atomic mass is 10.1. The van der Waals surface area contributed by atoms with Crippen molar-refractivity contribution >= 4 is 29.0 Å². The van der Waals surface area contributed by atoms with Crippen LogP contribution >= 0.6 is 0 Å². The average molecular weight is 288 g/mol. The van der Waals surface area contributed by atoms with E-state index in [4.69, 9.17) is 0 Å². The van der Waals surface area contributed by atoms with E-state index in [0.29, 0.717) is 17.1 Å². The molecule has 21 heavy (non-hydrogen) atoms. The lowest BCUT2D eigenvalue weighted by Gasteiger charge is -2.31. The number of amides is 2. The van der Waals surface area contributed by atoms with E-state index < -0.39 is 16.9 Å². The van der Waals surface area contributed by atoms with E-state index in [-0.39, 0.29) is 24.6 Å². The highest BCUT2D eigenvalue weighted by Crippen LogP contribution is 2.34. The number of carbonyl (C=O) groups is 2. The molecule has 0 radical (unpaired) electrons. The first-order chi connectivity index (χ1) is 9.97. The number of benzene rings is 1. The normalized spacial score (nSPS) is 20.9. The van der Waals surface area contributed by atoms with Crippen LogP contribution in [0.2, 0.25) is 0 Å². The van der Waals surface area contributed by atoms with Crippen molar-refractivity contribution in [1.29, 1.82) is 0 Å². The summed E-state index contributed by atoms with van der Waals surface area (Å²) in [4.78, 5) is 39.7. The molecule has 1 fully saturated rings. The summed E-state index contributed by atoms with van der Waals surface area (Å²) < 4.78 is 0. The fourth-order valence-corrected chi connectivity index (χ4v) is 2.65. The quantitative estimate of drug-likeness (QED) is 0.494. The Kier molecular flexibility index (Phi) is 2.93. The summed E-state index contributed by atoms with van der Waals surface area (Å²) in [5.41, 5.74) is 0.960. The van der Waals surface area contributed by atoms with Crippen LogP contribution in [0.25, 0.3) is 0 Å². The van der Waals surface area contributed by atoms with E-state index in [2.05, 4.69) is 10.3 Å². The van der Waals surface area contributed by atoms with Gasteiger partial charge in [-0.3, -0.25) is 25.0 Å². The molecule has 108 valence electrons. The molecule has 0 saturated carbocycles. The second kappa shape index (κ2) is 4.65. The minimum absolute atomic E-state index is 0.0292. The van der Waals surface area contributed by atoms with E-state index in [0.717, 1.165) is 0 Å². The SMILES string of the molecule is CC1=Nc2cccc([N+](=O)[O-])c2CN1C1CC(=O)NC1=O. The molecule has 2 aliphatic rings. The Morgan fingerprint density at radius 3 is 2.81 bits per heavy atom. The van der Waals surface area contributed by atoms with E-state index in [9.17, 15) is 19.7 Å². The number of rotatable bonds is 2. The highest BCUT2D eigenvalue weighted by Gasteiger charge is 2.38. The van der Waals surface area contributed by atoms with Crippen LogP contribution in [0.4, 0.5) is 11.4 Å². The van der Waals surface area contributed by atoms with Crippen molar-refractivity contribution in [2.24, 2.45) is 4.99 Å². The minimum Gasteiger partial charge on any atom is -0.343 e. The number of hydrogen-bond acceptors (Lipinski definition) is 6. The van der Waals surface area contributed by atoms with Crippen LogP contribution < -0.4 is 5.32 Å². The number of amidine groups is 1. The van der Waals surface area contributed by atoms with Gasteiger partial charge in [-0.05, 0) is 13.0 Å². The Balaban J connectivity index is 2.01. The Hall–Kier alpha value is -2.77. The van der Waals surface area contributed by atoms with E-state index in [1.807, 2.05) is 0 Å². The topological polar surface area (TPSA) is 105 Å². The van der Waals surface area contributed by atoms with Crippen molar-refractivity contribution in [2.45, 2.75) is 25.9 Å². The average Bonchev–Trinajstić information content (AvgIpc) is 2.75. The maximum absolute atomic E-state index is 11.8. The van der Waals surface area contributed by atoms with E-state index >= 15 is 0 Å². The molecular formula is C13H12N4O4. The molecule has 1 aromatic rings. The molecule has 8 nitrogen and oxygen atoms in total. The Morgan fingerprint density at radius 2 is 2.19 bits per heavy atom. The van der Waals surface area contributed by atoms with Crippen molar-refractivity contribution in [3.05, 3.63) is 33.9 Å². The molecule has 2 heterocycles. The highest BCUT2D eigenvalue weighted by atomic mass is 16.6. The van der Waals surface area contributed by atoms with Crippen molar-refractivity contribution < 1.29 is 14.5 Å². The zero-order chi connectivity index (χ0) is 15.1. The van der Waals surface area contributed by atoms with Crippen molar-refractivity contribution in [1.82, 2.24) is 10.2 Å². The fraction of sp³-hybridized carbons (Fsp3) is 0.308. The van der Waals surface area contributed by atoms with Gasteiger partial charge in [-0.1, -0.05) is 6.07 Å². The molecule has 3 rings (SSSR count). The number of carbonyl (C=O) groups excluding carboxylic acids is 2. The van der Waals surface area contributed by atoms with Crippen LogP contribution in [0, 0.1) is 10.1 Å². The van der Waals surface area contributed by atoms with Crippen LogP contribution in [-0.4, -0.2) is 33.5 Å². The number of hydrogen-bond donors (Lipinski definition) is 1. The van der Waals surface area contributed by atoms with Gasteiger partial charge in [0.25, 0.3) is 5.69 Å². The second-order valence-corrected chi connectivity index (χ2v) is 4.95. The molecule has 0 aromatic heterocycles. The number of nitro benzene ring substituents is 1. The van der Waals surface area contributed by atoms with Crippen LogP contribution in [0.5, 0.6) is 0 Å². The summed E-state index contributed by atoms with van der Waals surface area (Å²) in [5.74, 6) is -0.166. The molecule has 1 unspecified atom stereocenters. The Morgan fingerprint density at radius 1 is 1.43 bits per heavy atom. The molecule has 0 aliphatic carbocycles. The van der Waals surface area contributed by atoms with E-state index in [1.54, 1.807) is 24.0 Å². The van der Waals surface area contributed by atoms with Gasteiger partial charge >= 0.3 is 0 Å². The molecule has 1 atom stereocenters.